The summed E-state index contributed by atoms with van der Waals surface area (Å²) in [6.07, 6.45) is 4.75. The fourth-order valence-corrected chi connectivity index (χ4v) is 2.36. The molecule has 0 spiro atoms. The monoisotopic (exact) mass is 360 g/mol. The molecular weight excluding hydrogens is 346 g/mol. The summed E-state index contributed by atoms with van der Waals surface area (Å²) in [6.45, 7) is -2.78. The van der Waals surface area contributed by atoms with E-state index in [1.807, 2.05) is 0 Å². The Morgan fingerprint density at radius 3 is 2.85 bits per heavy atom. The van der Waals surface area contributed by atoms with Crippen molar-refractivity contribution in [2.24, 2.45) is 0 Å². The van der Waals surface area contributed by atoms with Gasteiger partial charge in [0.05, 0.1) is 30.3 Å². The maximum Gasteiger partial charge on any atom is 0.333 e. The van der Waals surface area contributed by atoms with Crippen LogP contribution in [0, 0.1) is 0 Å². The van der Waals surface area contributed by atoms with Gasteiger partial charge in [-0.3, -0.25) is 9.78 Å². The summed E-state index contributed by atoms with van der Waals surface area (Å²) >= 11 is 0. The molecule has 0 amide bonds. The second-order valence-electron chi connectivity index (χ2n) is 5.12. The highest BCUT2D eigenvalue weighted by atomic mass is 19.3. The third-order valence-electron chi connectivity index (χ3n) is 3.58. The number of aromatic nitrogens is 4. The summed E-state index contributed by atoms with van der Waals surface area (Å²) in [5.41, 5.74) is 1.31. The van der Waals surface area contributed by atoms with Gasteiger partial charge in [-0.1, -0.05) is 6.07 Å². The standard InChI is InChI=1S/C17H14F2N4O3/c1-25-15-7-12(9-24)14(8-21-15)26-10-11-3-2-5-20-16(11)13-4-6-22-23(13)17(18)19/h2-9,17H,10H2,1H3. The molecule has 0 saturated carbocycles. The molecule has 3 aromatic heterocycles. The molecule has 0 bridgehead atoms. The van der Waals surface area contributed by atoms with Crippen LogP contribution in [-0.2, 0) is 6.61 Å². The number of halogens is 2. The van der Waals surface area contributed by atoms with Crippen LogP contribution in [-0.4, -0.2) is 33.1 Å². The predicted molar refractivity (Wildman–Crippen MR) is 87.2 cm³/mol. The quantitative estimate of drug-likeness (QED) is 0.602. The van der Waals surface area contributed by atoms with Crippen molar-refractivity contribution in [2.45, 2.75) is 13.2 Å². The first kappa shape index (κ1) is 17.5. The lowest BCUT2D eigenvalue weighted by Crippen LogP contribution is -2.07. The van der Waals surface area contributed by atoms with Crippen LogP contribution in [0.2, 0.25) is 0 Å². The average Bonchev–Trinajstić information content (AvgIpc) is 3.16. The molecule has 0 aliphatic rings. The highest BCUT2D eigenvalue weighted by molar-refractivity contribution is 5.79. The number of pyridine rings is 2. The number of hydrogen-bond acceptors (Lipinski definition) is 6. The minimum atomic E-state index is -2.79. The Morgan fingerprint density at radius 1 is 1.27 bits per heavy atom. The molecule has 0 unspecified atom stereocenters. The predicted octanol–water partition coefficient (Wildman–Crippen LogP) is 3.14. The maximum atomic E-state index is 13.1. The minimum Gasteiger partial charge on any atom is -0.486 e. The lowest BCUT2D eigenvalue weighted by molar-refractivity contribution is 0.0584. The summed E-state index contributed by atoms with van der Waals surface area (Å²) in [7, 11) is 1.44. The molecule has 0 fully saturated rings. The molecule has 9 heteroatoms. The summed E-state index contributed by atoms with van der Waals surface area (Å²) in [5, 5.41) is 3.61. The molecule has 0 aromatic carbocycles. The number of ether oxygens (including phenoxy) is 2. The highest BCUT2D eigenvalue weighted by Gasteiger charge is 2.17. The summed E-state index contributed by atoms with van der Waals surface area (Å²) in [4.78, 5) is 19.4. The number of aldehydes is 1. The molecule has 0 N–H and O–H groups in total. The summed E-state index contributed by atoms with van der Waals surface area (Å²) < 4.78 is 37.4. The van der Waals surface area contributed by atoms with Crippen LogP contribution >= 0.6 is 0 Å². The summed E-state index contributed by atoms with van der Waals surface area (Å²) in [5.74, 6) is 0.528. The van der Waals surface area contributed by atoms with E-state index < -0.39 is 6.55 Å². The Balaban J connectivity index is 1.88. The molecular formula is C17H14F2N4O3. The maximum absolute atomic E-state index is 13.1. The Labute approximate surface area is 147 Å². The van der Waals surface area contributed by atoms with Gasteiger partial charge in [-0.25, -0.2) is 9.67 Å². The van der Waals surface area contributed by atoms with Crippen LogP contribution in [0.25, 0.3) is 11.4 Å². The van der Waals surface area contributed by atoms with Crippen molar-refractivity contribution in [1.29, 1.82) is 0 Å². The fraction of sp³-hybridized carbons (Fsp3) is 0.176. The topological polar surface area (TPSA) is 79.1 Å². The molecule has 3 aromatic rings. The van der Waals surface area contributed by atoms with Crippen molar-refractivity contribution in [3.05, 3.63) is 54.0 Å². The lowest BCUT2D eigenvalue weighted by atomic mass is 10.1. The number of carbonyl (C=O) groups is 1. The van der Waals surface area contributed by atoms with E-state index >= 15 is 0 Å². The Hall–Kier alpha value is -3.36. The molecule has 26 heavy (non-hydrogen) atoms. The van der Waals surface area contributed by atoms with Gasteiger partial charge in [0.1, 0.15) is 12.4 Å². The largest absolute Gasteiger partial charge is 0.486 e. The van der Waals surface area contributed by atoms with Gasteiger partial charge in [-0.05, 0) is 12.1 Å². The average molecular weight is 360 g/mol. The number of nitrogens with zero attached hydrogens (tertiary/aromatic N) is 4. The number of hydrogen-bond donors (Lipinski definition) is 0. The van der Waals surface area contributed by atoms with Crippen molar-refractivity contribution in [2.75, 3.05) is 7.11 Å². The van der Waals surface area contributed by atoms with Gasteiger partial charge in [0.25, 0.3) is 0 Å². The third-order valence-corrected chi connectivity index (χ3v) is 3.58. The highest BCUT2D eigenvalue weighted by Crippen LogP contribution is 2.27. The first-order valence-electron chi connectivity index (χ1n) is 7.52. The zero-order valence-electron chi connectivity index (χ0n) is 13.7. The van der Waals surface area contributed by atoms with E-state index in [4.69, 9.17) is 9.47 Å². The van der Waals surface area contributed by atoms with Crippen molar-refractivity contribution >= 4 is 6.29 Å². The second kappa shape index (κ2) is 7.68. The Bertz CT molecular complexity index is 915. The van der Waals surface area contributed by atoms with Crippen molar-refractivity contribution < 1.29 is 23.0 Å². The first-order chi connectivity index (χ1) is 12.6. The van der Waals surface area contributed by atoms with Crippen LogP contribution in [0.4, 0.5) is 8.78 Å². The molecule has 0 aliphatic carbocycles. The molecule has 3 heterocycles. The van der Waals surface area contributed by atoms with Crippen molar-refractivity contribution in [3.63, 3.8) is 0 Å². The molecule has 0 saturated heterocycles. The van der Waals surface area contributed by atoms with Crippen LogP contribution < -0.4 is 9.47 Å². The van der Waals surface area contributed by atoms with E-state index in [-0.39, 0.29) is 29.5 Å². The van der Waals surface area contributed by atoms with Crippen LogP contribution in [0.1, 0.15) is 22.5 Å². The van der Waals surface area contributed by atoms with Gasteiger partial charge in [-0.15, -0.1) is 0 Å². The van der Waals surface area contributed by atoms with Gasteiger partial charge in [-0.2, -0.15) is 13.9 Å². The van der Waals surface area contributed by atoms with Crippen LogP contribution in [0.15, 0.2) is 42.9 Å². The molecule has 134 valence electrons. The number of alkyl halides is 2. The fourth-order valence-electron chi connectivity index (χ4n) is 2.36. The second-order valence-corrected chi connectivity index (χ2v) is 5.12. The first-order valence-corrected chi connectivity index (χ1v) is 7.52. The SMILES string of the molecule is COc1cc(C=O)c(OCc2cccnc2-c2ccnn2C(F)F)cn1. The van der Waals surface area contributed by atoms with E-state index in [1.54, 1.807) is 12.1 Å². The molecule has 3 rings (SSSR count). The van der Waals surface area contributed by atoms with Gasteiger partial charge in [0, 0.05) is 24.0 Å². The third kappa shape index (κ3) is 3.51. The van der Waals surface area contributed by atoms with E-state index in [0.717, 1.165) is 0 Å². The Kier molecular flexibility index (Phi) is 5.16. The number of carbonyl (C=O) groups excluding carboxylic acids is 1. The smallest absolute Gasteiger partial charge is 0.333 e. The zero-order chi connectivity index (χ0) is 18.5. The Morgan fingerprint density at radius 2 is 2.12 bits per heavy atom. The van der Waals surface area contributed by atoms with Crippen molar-refractivity contribution in [1.82, 2.24) is 19.7 Å². The molecule has 0 aliphatic heterocycles. The van der Waals surface area contributed by atoms with Crippen LogP contribution in [0.5, 0.6) is 11.6 Å². The molecule has 0 atom stereocenters. The van der Waals surface area contributed by atoms with Crippen molar-refractivity contribution in [3.8, 4) is 23.0 Å². The summed E-state index contributed by atoms with van der Waals surface area (Å²) in [6, 6.07) is 6.25. The van der Waals surface area contributed by atoms with Gasteiger partial charge in [0.15, 0.2) is 6.29 Å². The molecule has 0 radical (unpaired) electrons. The number of methoxy groups -OCH3 is 1. The molecule has 7 nitrogen and oxygen atoms in total. The van der Waals surface area contributed by atoms with Gasteiger partial charge < -0.3 is 9.47 Å². The van der Waals surface area contributed by atoms with E-state index in [0.29, 0.717) is 22.2 Å². The zero-order valence-corrected chi connectivity index (χ0v) is 13.7. The van der Waals surface area contributed by atoms with Gasteiger partial charge in [0.2, 0.25) is 5.88 Å². The van der Waals surface area contributed by atoms with Crippen LogP contribution in [0.3, 0.4) is 0 Å². The van der Waals surface area contributed by atoms with E-state index in [1.165, 1.54) is 37.8 Å². The normalized spacial score (nSPS) is 10.8. The lowest BCUT2D eigenvalue weighted by Gasteiger charge is -2.12. The van der Waals surface area contributed by atoms with Gasteiger partial charge >= 0.3 is 6.55 Å². The minimum absolute atomic E-state index is 0.00639. The number of rotatable bonds is 7. The van der Waals surface area contributed by atoms with E-state index in [2.05, 4.69) is 15.1 Å². The van der Waals surface area contributed by atoms with E-state index in [9.17, 15) is 13.6 Å².